The van der Waals surface area contributed by atoms with Crippen molar-refractivity contribution in [1.29, 1.82) is 0 Å². The van der Waals surface area contributed by atoms with Crippen molar-refractivity contribution in [2.45, 2.75) is 32.3 Å². The maximum Gasteiger partial charge on any atom is 0.248 e. The molecule has 4 nitrogen and oxygen atoms in total. The monoisotopic (exact) mass is 362 g/mol. The van der Waals surface area contributed by atoms with E-state index < -0.39 is 0 Å². The minimum absolute atomic E-state index is 0.0970. The molecule has 1 aromatic heterocycles. The van der Waals surface area contributed by atoms with E-state index in [-0.39, 0.29) is 5.56 Å². The summed E-state index contributed by atoms with van der Waals surface area (Å²) < 4.78 is 6.03. The molecule has 1 saturated heterocycles. The molecule has 0 bridgehead atoms. The number of pyridine rings is 1. The molecule has 2 aromatic carbocycles. The number of H-pyrrole nitrogens is 1. The van der Waals surface area contributed by atoms with E-state index in [2.05, 4.69) is 16.0 Å². The zero-order valence-corrected chi connectivity index (χ0v) is 15.6. The fraction of sp³-hybridized carbons (Fsp3) is 0.348. The summed E-state index contributed by atoms with van der Waals surface area (Å²) in [5, 5.41) is 1.08. The molecular formula is C23H26N2O2. The normalized spacial score (nSPS) is 15.1. The van der Waals surface area contributed by atoms with Gasteiger partial charge >= 0.3 is 0 Å². The van der Waals surface area contributed by atoms with Crippen LogP contribution in [0.2, 0.25) is 0 Å². The molecule has 4 rings (SSSR count). The maximum absolute atomic E-state index is 11.9. The van der Waals surface area contributed by atoms with Gasteiger partial charge in [0.25, 0.3) is 0 Å². The number of benzene rings is 2. The Hall–Kier alpha value is -2.59. The Labute approximate surface area is 159 Å². The Morgan fingerprint density at radius 2 is 1.74 bits per heavy atom. The summed E-state index contributed by atoms with van der Waals surface area (Å²) in [4.78, 5) is 17.4. The highest BCUT2D eigenvalue weighted by Gasteiger charge is 2.12. The highest BCUT2D eigenvalue weighted by molar-refractivity contribution is 5.87. The van der Waals surface area contributed by atoms with Crippen LogP contribution in [0.5, 0.6) is 5.75 Å². The van der Waals surface area contributed by atoms with Crippen molar-refractivity contribution in [3.63, 3.8) is 0 Å². The second-order valence-electron chi connectivity index (χ2n) is 7.26. The number of nitrogens with zero attached hydrogens (tertiary/aromatic N) is 1. The van der Waals surface area contributed by atoms with Crippen molar-refractivity contribution < 1.29 is 4.74 Å². The molecule has 0 aliphatic carbocycles. The SMILES string of the molecule is O=c1ccc2c(CCN3CCCCC3)ccc(OCc3ccccc3)c2[nH]1. The van der Waals surface area contributed by atoms with Gasteiger partial charge in [0.05, 0.1) is 5.52 Å². The van der Waals surface area contributed by atoms with Crippen LogP contribution in [0.15, 0.2) is 59.4 Å². The van der Waals surface area contributed by atoms with Crippen LogP contribution < -0.4 is 10.3 Å². The second-order valence-corrected chi connectivity index (χ2v) is 7.26. The third-order valence-corrected chi connectivity index (χ3v) is 5.33. The number of ether oxygens (including phenoxy) is 1. The predicted octanol–water partition coefficient (Wildman–Crippen LogP) is 4.14. The lowest BCUT2D eigenvalue weighted by atomic mass is 10.0. The number of hydrogen-bond donors (Lipinski definition) is 1. The summed E-state index contributed by atoms with van der Waals surface area (Å²) in [5.41, 5.74) is 3.08. The van der Waals surface area contributed by atoms with Crippen molar-refractivity contribution in [3.05, 3.63) is 76.1 Å². The summed E-state index contributed by atoms with van der Waals surface area (Å²) >= 11 is 0. The number of nitrogens with one attached hydrogen (secondary N) is 1. The predicted molar refractivity (Wildman–Crippen MR) is 109 cm³/mol. The molecule has 0 saturated carbocycles. The van der Waals surface area contributed by atoms with E-state index in [0.29, 0.717) is 6.61 Å². The average Bonchev–Trinajstić information content (AvgIpc) is 2.72. The first-order valence-electron chi connectivity index (χ1n) is 9.83. The summed E-state index contributed by atoms with van der Waals surface area (Å²) in [5.74, 6) is 0.730. The summed E-state index contributed by atoms with van der Waals surface area (Å²) in [6.07, 6.45) is 4.95. The molecule has 4 heteroatoms. The maximum atomic E-state index is 11.9. The number of aromatic nitrogens is 1. The molecule has 0 spiro atoms. The van der Waals surface area contributed by atoms with Crippen LogP contribution in [0.3, 0.4) is 0 Å². The van der Waals surface area contributed by atoms with Crippen LogP contribution in [0, 0.1) is 0 Å². The Bertz CT molecular complexity index is 943. The molecule has 1 aliphatic rings. The number of fused-ring (bicyclic) bond motifs is 1. The van der Waals surface area contributed by atoms with E-state index in [4.69, 9.17) is 4.74 Å². The molecule has 0 radical (unpaired) electrons. The first kappa shape index (κ1) is 17.8. The van der Waals surface area contributed by atoms with Gasteiger partial charge in [0.1, 0.15) is 12.4 Å². The number of rotatable bonds is 6. The van der Waals surface area contributed by atoms with Gasteiger partial charge < -0.3 is 14.6 Å². The molecular weight excluding hydrogens is 336 g/mol. The van der Waals surface area contributed by atoms with Crippen molar-refractivity contribution in [2.75, 3.05) is 19.6 Å². The standard InChI is InChI=1S/C23H26N2O2/c26-22-12-10-20-19(13-16-25-14-5-2-6-15-25)9-11-21(23(20)24-22)27-17-18-7-3-1-4-8-18/h1,3-4,7-12H,2,5-6,13-17H2,(H,24,26). The van der Waals surface area contributed by atoms with Crippen LogP contribution >= 0.6 is 0 Å². The van der Waals surface area contributed by atoms with Crippen LogP contribution in [-0.2, 0) is 13.0 Å². The summed E-state index contributed by atoms with van der Waals surface area (Å²) in [6.45, 7) is 3.96. The van der Waals surface area contributed by atoms with E-state index in [0.717, 1.165) is 35.2 Å². The molecule has 27 heavy (non-hydrogen) atoms. The smallest absolute Gasteiger partial charge is 0.248 e. The zero-order valence-electron chi connectivity index (χ0n) is 15.6. The third kappa shape index (κ3) is 4.40. The fourth-order valence-electron chi connectivity index (χ4n) is 3.82. The lowest BCUT2D eigenvalue weighted by Crippen LogP contribution is -2.31. The van der Waals surface area contributed by atoms with Gasteiger partial charge in [-0.2, -0.15) is 0 Å². The van der Waals surface area contributed by atoms with E-state index in [1.165, 1.54) is 37.9 Å². The lowest BCUT2D eigenvalue weighted by molar-refractivity contribution is 0.231. The van der Waals surface area contributed by atoms with Crippen LogP contribution in [0.1, 0.15) is 30.4 Å². The van der Waals surface area contributed by atoms with Crippen molar-refractivity contribution in [3.8, 4) is 5.75 Å². The van der Waals surface area contributed by atoms with Crippen molar-refractivity contribution in [2.24, 2.45) is 0 Å². The summed E-state index contributed by atoms with van der Waals surface area (Å²) in [6, 6.07) is 17.7. The molecule has 0 unspecified atom stereocenters. The minimum atomic E-state index is -0.0970. The fourth-order valence-corrected chi connectivity index (χ4v) is 3.82. The van der Waals surface area contributed by atoms with E-state index >= 15 is 0 Å². The number of piperidine rings is 1. The number of aromatic amines is 1. The van der Waals surface area contributed by atoms with Gasteiger partial charge in [0.2, 0.25) is 5.56 Å². The third-order valence-electron chi connectivity index (χ3n) is 5.33. The molecule has 1 aliphatic heterocycles. The Morgan fingerprint density at radius 1 is 0.926 bits per heavy atom. The minimum Gasteiger partial charge on any atom is -0.487 e. The number of likely N-dealkylation sites (tertiary alicyclic amines) is 1. The molecule has 1 fully saturated rings. The van der Waals surface area contributed by atoms with Gasteiger partial charge in [0, 0.05) is 18.0 Å². The van der Waals surface area contributed by atoms with Crippen molar-refractivity contribution in [1.82, 2.24) is 9.88 Å². The molecule has 2 heterocycles. The largest absolute Gasteiger partial charge is 0.487 e. The molecule has 140 valence electrons. The van der Waals surface area contributed by atoms with Gasteiger partial charge in [-0.25, -0.2) is 0 Å². The molecule has 0 amide bonds. The Balaban J connectivity index is 1.56. The quantitative estimate of drug-likeness (QED) is 0.717. The second kappa shape index (κ2) is 8.40. The van der Waals surface area contributed by atoms with Gasteiger partial charge in [-0.1, -0.05) is 42.8 Å². The highest BCUT2D eigenvalue weighted by Crippen LogP contribution is 2.27. The molecule has 3 aromatic rings. The molecule has 0 atom stereocenters. The molecule has 1 N–H and O–H groups in total. The van der Waals surface area contributed by atoms with Gasteiger partial charge in [-0.3, -0.25) is 4.79 Å². The Morgan fingerprint density at radius 3 is 2.56 bits per heavy atom. The average molecular weight is 362 g/mol. The van der Waals surface area contributed by atoms with Gasteiger partial charge in [-0.15, -0.1) is 0 Å². The van der Waals surface area contributed by atoms with Crippen molar-refractivity contribution >= 4 is 10.9 Å². The first-order chi connectivity index (χ1) is 13.3. The highest BCUT2D eigenvalue weighted by atomic mass is 16.5. The van der Waals surface area contributed by atoms with Crippen LogP contribution in [0.25, 0.3) is 10.9 Å². The number of hydrogen-bond acceptors (Lipinski definition) is 3. The Kier molecular flexibility index (Phi) is 5.54. The van der Waals surface area contributed by atoms with E-state index in [1.807, 2.05) is 42.5 Å². The van der Waals surface area contributed by atoms with Crippen LogP contribution in [-0.4, -0.2) is 29.5 Å². The topological polar surface area (TPSA) is 45.3 Å². The van der Waals surface area contributed by atoms with E-state index in [1.54, 1.807) is 6.07 Å². The van der Waals surface area contributed by atoms with Gasteiger partial charge in [0.15, 0.2) is 0 Å². The summed E-state index contributed by atoms with van der Waals surface area (Å²) in [7, 11) is 0. The zero-order chi connectivity index (χ0) is 18.5. The van der Waals surface area contributed by atoms with Gasteiger partial charge in [-0.05, 0) is 55.6 Å². The van der Waals surface area contributed by atoms with E-state index in [9.17, 15) is 4.79 Å². The van der Waals surface area contributed by atoms with Crippen LogP contribution in [0.4, 0.5) is 0 Å². The lowest BCUT2D eigenvalue weighted by Gasteiger charge is -2.26. The first-order valence-corrected chi connectivity index (χ1v) is 9.83.